The minimum Gasteiger partial charge on any atom is -0.462 e. The van der Waals surface area contributed by atoms with E-state index >= 15 is 0 Å². The fourth-order valence-corrected chi connectivity index (χ4v) is 1.99. The highest BCUT2D eigenvalue weighted by molar-refractivity contribution is 5.93. The first-order valence-electron chi connectivity index (χ1n) is 7.25. The van der Waals surface area contributed by atoms with E-state index < -0.39 is 33.2 Å². The first kappa shape index (κ1) is 18.5. The lowest BCUT2D eigenvalue weighted by Gasteiger charge is -2.06. The molecule has 10 nitrogen and oxygen atoms in total. The maximum Gasteiger partial charge on any atom is 0.344 e. The van der Waals surface area contributed by atoms with E-state index in [9.17, 15) is 29.8 Å². The van der Waals surface area contributed by atoms with Crippen molar-refractivity contribution in [3.63, 3.8) is 0 Å². The highest BCUT2D eigenvalue weighted by Crippen LogP contribution is 2.24. The Hall–Kier alpha value is -3.82. The maximum absolute atomic E-state index is 12.2. The smallest absolute Gasteiger partial charge is 0.344 e. The van der Waals surface area contributed by atoms with E-state index in [-0.39, 0.29) is 23.5 Å². The number of benzene rings is 2. The molecule has 0 aromatic heterocycles. The van der Waals surface area contributed by atoms with Gasteiger partial charge in [0.25, 0.3) is 11.4 Å². The molecule has 0 fully saturated rings. The molecular formula is C16H12N2O8. The monoisotopic (exact) mass is 360 g/mol. The second-order valence-electron chi connectivity index (χ2n) is 4.89. The van der Waals surface area contributed by atoms with E-state index in [0.717, 1.165) is 18.2 Å². The molecule has 134 valence electrons. The van der Waals surface area contributed by atoms with Crippen molar-refractivity contribution < 1.29 is 28.9 Å². The van der Waals surface area contributed by atoms with E-state index in [1.54, 1.807) is 6.92 Å². The Morgan fingerprint density at radius 1 is 0.923 bits per heavy atom. The minimum absolute atomic E-state index is 0.0188. The number of nitrogens with zero attached hydrogens (tertiary/aromatic N) is 2. The molecule has 2 rings (SSSR count). The van der Waals surface area contributed by atoms with Crippen LogP contribution in [0, 0.1) is 20.2 Å². The Balaban J connectivity index is 2.30. The number of hydrogen-bond acceptors (Lipinski definition) is 8. The van der Waals surface area contributed by atoms with Crippen LogP contribution in [0.3, 0.4) is 0 Å². The van der Waals surface area contributed by atoms with Gasteiger partial charge in [-0.15, -0.1) is 0 Å². The summed E-state index contributed by atoms with van der Waals surface area (Å²) in [6, 6.07) is 8.00. The van der Waals surface area contributed by atoms with Crippen LogP contribution in [0.4, 0.5) is 11.4 Å². The molecule has 0 N–H and O–H groups in total. The number of ether oxygens (including phenoxy) is 2. The Morgan fingerprint density at radius 3 is 2.08 bits per heavy atom. The third kappa shape index (κ3) is 4.38. The lowest BCUT2D eigenvalue weighted by atomic mass is 10.1. The molecule has 0 aliphatic heterocycles. The summed E-state index contributed by atoms with van der Waals surface area (Å²) in [5.41, 5.74) is -1.47. The van der Waals surface area contributed by atoms with Gasteiger partial charge in [0.1, 0.15) is 5.75 Å². The van der Waals surface area contributed by atoms with Crippen LogP contribution < -0.4 is 4.74 Å². The second kappa shape index (κ2) is 7.83. The Morgan fingerprint density at radius 2 is 1.54 bits per heavy atom. The Labute approximate surface area is 146 Å². The van der Waals surface area contributed by atoms with Gasteiger partial charge in [0.15, 0.2) is 0 Å². The number of hydrogen-bond donors (Lipinski definition) is 0. The third-order valence-corrected chi connectivity index (χ3v) is 3.12. The predicted molar refractivity (Wildman–Crippen MR) is 87.1 cm³/mol. The zero-order chi connectivity index (χ0) is 19.3. The molecule has 0 atom stereocenters. The van der Waals surface area contributed by atoms with Crippen LogP contribution in [0.25, 0.3) is 0 Å². The van der Waals surface area contributed by atoms with Gasteiger partial charge in [0, 0.05) is 12.1 Å². The van der Waals surface area contributed by atoms with Gasteiger partial charge in [0.05, 0.1) is 33.6 Å². The van der Waals surface area contributed by atoms with Crippen molar-refractivity contribution in [3.8, 4) is 5.75 Å². The third-order valence-electron chi connectivity index (χ3n) is 3.12. The molecule has 0 heterocycles. The van der Waals surface area contributed by atoms with E-state index in [2.05, 4.69) is 0 Å². The number of carbonyl (C=O) groups excluding carboxylic acids is 2. The lowest BCUT2D eigenvalue weighted by molar-refractivity contribution is -0.394. The summed E-state index contributed by atoms with van der Waals surface area (Å²) in [5, 5.41) is 21.7. The quantitative estimate of drug-likeness (QED) is 0.331. The molecular weight excluding hydrogens is 348 g/mol. The van der Waals surface area contributed by atoms with Crippen molar-refractivity contribution in [3.05, 3.63) is 73.8 Å². The van der Waals surface area contributed by atoms with Gasteiger partial charge >= 0.3 is 11.9 Å². The second-order valence-corrected chi connectivity index (χ2v) is 4.89. The molecule has 0 spiro atoms. The maximum atomic E-state index is 12.2. The van der Waals surface area contributed by atoms with Gasteiger partial charge < -0.3 is 9.47 Å². The summed E-state index contributed by atoms with van der Waals surface area (Å²) in [4.78, 5) is 43.9. The number of carbonyl (C=O) groups is 2. The molecule has 0 aliphatic rings. The van der Waals surface area contributed by atoms with E-state index in [0.29, 0.717) is 0 Å². The number of esters is 2. The van der Waals surface area contributed by atoms with Crippen molar-refractivity contribution in [2.75, 3.05) is 6.61 Å². The van der Waals surface area contributed by atoms with E-state index in [1.807, 2.05) is 0 Å². The van der Waals surface area contributed by atoms with Gasteiger partial charge in [0.2, 0.25) is 0 Å². The highest BCUT2D eigenvalue weighted by Gasteiger charge is 2.21. The first-order valence-corrected chi connectivity index (χ1v) is 7.25. The summed E-state index contributed by atoms with van der Waals surface area (Å²) in [5.74, 6) is -1.68. The van der Waals surface area contributed by atoms with Crippen molar-refractivity contribution in [2.24, 2.45) is 0 Å². The largest absolute Gasteiger partial charge is 0.462 e. The van der Waals surface area contributed by atoms with Crippen molar-refractivity contribution >= 4 is 23.3 Å². The SMILES string of the molecule is CCOC(=O)c1cccc(OC(=O)c2cc([N+](=O)[O-])cc([N+](=O)[O-])c2)c1. The molecule has 0 amide bonds. The number of nitro benzene ring substituents is 2. The number of nitro groups is 2. The number of non-ortho nitro benzene ring substituents is 2. The van der Waals surface area contributed by atoms with Crippen molar-refractivity contribution in [1.82, 2.24) is 0 Å². The molecule has 2 aromatic rings. The minimum atomic E-state index is -1.04. The first-order chi connectivity index (χ1) is 12.3. The topological polar surface area (TPSA) is 139 Å². The molecule has 0 radical (unpaired) electrons. The summed E-state index contributed by atoms with van der Waals surface area (Å²) in [6.45, 7) is 1.80. The van der Waals surface area contributed by atoms with Crippen LogP contribution in [0.1, 0.15) is 27.6 Å². The Bertz CT molecular complexity index is 861. The summed E-state index contributed by atoms with van der Waals surface area (Å²) in [6.07, 6.45) is 0. The molecule has 26 heavy (non-hydrogen) atoms. The predicted octanol–water partition coefficient (Wildman–Crippen LogP) is 2.90. The van der Waals surface area contributed by atoms with Gasteiger partial charge in [-0.1, -0.05) is 6.07 Å². The Kier molecular flexibility index (Phi) is 5.58. The van der Waals surface area contributed by atoms with Gasteiger partial charge in [-0.3, -0.25) is 20.2 Å². The normalized spacial score (nSPS) is 10.0. The van der Waals surface area contributed by atoms with Crippen LogP contribution in [-0.4, -0.2) is 28.4 Å². The summed E-state index contributed by atoms with van der Waals surface area (Å²) >= 11 is 0. The number of rotatable bonds is 6. The van der Waals surface area contributed by atoms with E-state index in [1.165, 1.54) is 24.3 Å². The van der Waals surface area contributed by atoms with Crippen molar-refractivity contribution in [2.45, 2.75) is 6.92 Å². The van der Waals surface area contributed by atoms with Crippen LogP contribution >= 0.6 is 0 Å². The average molecular weight is 360 g/mol. The van der Waals surface area contributed by atoms with Gasteiger partial charge in [-0.2, -0.15) is 0 Å². The molecule has 0 saturated carbocycles. The van der Waals surface area contributed by atoms with Gasteiger partial charge in [-0.05, 0) is 25.1 Å². The zero-order valence-corrected chi connectivity index (χ0v) is 13.4. The molecule has 0 bridgehead atoms. The van der Waals surface area contributed by atoms with Crippen LogP contribution in [0.15, 0.2) is 42.5 Å². The highest BCUT2D eigenvalue weighted by atomic mass is 16.6. The molecule has 2 aromatic carbocycles. The van der Waals surface area contributed by atoms with Crippen LogP contribution in [-0.2, 0) is 4.74 Å². The molecule has 0 aliphatic carbocycles. The molecule has 0 unspecified atom stereocenters. The van der Waals surface area contributed by atoms with Crippen molar-refractivity contribution in [1.29, 1.82) is 0 Å². The fourth-order valence-electron chi connectivity index (χ4n) is 1.99. The molecule has 10 heteroatoms. The summed E-state index contributed by atoms with van der Waals surface area (Å²) < 4.78 is 9.87. The fraction of sp³-hybridized carbons (Fsp3) is 0.125. The zero-order valence-electron chi connectivity index (χ0n) is 13.4. The van der Waals surface area contributed by atoms with Crippen LogP contribution in [0.5, 0.6) is 5.75 Å². The molecule has 0 saturated heterocycles. The average Bonchev–Trinajstić information content (AvgIpc) is 2.61. The van der Waals surface area contributed by atoms with Gasteiger partial charge in [-0.25, -0.2) is 9.59 Å². The van der Waals surface area contributed by atoms with E-state index in [4.69, 9.17) is 9.47 Å². The lowest BCUT2D eigenvalue weighted by Crippen LogP contribution is -2.11. The standard InChI is InChI=1S/C16H12N2O8/c1-2-25-15(19)10-4-3-5-14(8-10)26-16(20)11-6-12(17(21)22)9-13(7-11)18(23)24/h3-9H,2H2,1H3. The summed E-state index contributed by atoms with van der Waals surface area (Å²) in [7, 11) is 0. The van der Waals surface area contributed by atoms with Crippen LogP contribution in [0.2, 0.25) is 0 Å².